The van der Waals surface area contributed by atoms with Crippen LogP contribution in [0.15, 0.2) is 72.8 Å². The van der Waals surface area contributed by atoms with E-state index in [-0.39, 0.29) is 11.8 Å². The molecule has 0 aliphatic carbocycles. The van der Waals surface area contributed by atoms with Crippen molar-refractivity contribution in [1.29, 1.82) is 0 Å². The number of carbonyl (C=O) groups excluding carboxylic acids is 3. The number of nitrogens with one attached hydrogen (secondary N) is 2. The van der Waals surface area contributed by atoms with Crippen LogP contribution in [0.25, 0.3) is 0 Å². The van der Waals surface area contributed by atoms with Crippen molar-refractivity contribution < 1.29 is 19.1 Å². The van der Waals surface area contributed by atoms with Crippen molar-refractivity contribution in [2.24, 2.45) is 0 Å². The first-order valence-electron chi connectivity index (χ1n) is 10.4. The largest absolute Gasteiger partial charge is 0.427 e. The second-order valence-corrected chi connectivity index (χ2v) is 7.44. The van der Waals surface area contributed by atoms with Crippen LogP contribution in [0, 0.1) is 6.92 Å². The number of hydrogen-bond acceptors (Lipinski definition) is 4. The van der Waals surface area contributed by atoms with Gasteiger partial charge in [0.05, 0.1) is 0 Å². The molecule has 6 nitrogen and oxygen atoms in total. The lowest BCUT2D eigenvalue weighted by Crippen LogP contribution is -2.24. The van der Waals surface area contributed by atoms with Gasteiger partial charge in [-0.1, -0.05) is 48.5 Å². The van der Waals surface area contributed by atoms with Gasteiger partial charge < -0.3 is 15.4 Å². The van der Waals surface area contributed by atoms with E-state index in [2.05, 4.69) is 10.6 Å². The standard InChI is InChI=1S/C26H26N2O4/c1-18-8-3-4-9-20(18)14-15-25(30)27-17-22-10-5-6-13-24(22)28-26(31)21-11-7-12-23(16-21)32-19(2)29/h3-13,16H,14-15,17H2,1-2H3,(H,27,30)(H,28,31). The Balaban J connectivity index is 1.59. The van der Waals surface area contributed by atoms with Crippen molar-refractivity contribution in [3.8, 4) is 5.75 Å². The molecule has 0 unspecified atom stereocenters. The topological polar surface area (TPSA) is 84.5 Å². The van der Waals surface area contributed by atoms with Crippen LogP contribution < -0.4 is 15.4 Å². The minimum Gasteiger partial charge on any atom is -0.427 e. The Labute approximate surface area is 187 Å². The number of esters is 1. The molecule has 0 atom stereocenters. The number of aryl methyl sites for hydroxylation is 2. The highest BCUT2D eigenvalue weighted by atomic mass is 16.5. The zero-order valence-corrected chi connectivity index (χ0v) is 18.2. The van der Waals surface area contributed by atoms with Crippen molar-refractivity contribution in [2.45, 2.75) is 33.2 Å². The number of rotatable bonds is 8. The number of anilines is 1. The third-order valence-electron chi connectivity index (χ3n) is 4.98. The highest BCUT2D eigenvalue weighted by Crippen LogP contribution is 2.19. The Kier molecular flexibility index (Phi) is 7.75. The molecule has 0 saturated carbocycles. The summed E-state index contributed by atoms with van der Waals surface area (Å²) >= 11 is 0. The molecule has 164 valence electrons. The van der Waals surface area contributed by atoms with E-state index in [4.69, 9.17) is 4.74 Å². The lowest BCUT2D eigenvalue weighted by atomic mass is 10.0. The Bertz CT molecular complexity index is 1120. The summed E-state index contributed by atoms with van der Waals surface area (Å²) in [7, 11) is 0. The molecule has 6 heteroatoms. The van der Waals surface area contributed by atoms with Crippen molar-refractivity contribution >= 4 is 23.5 Å². The monoisotopic (exact) mass is 430 g/mol. The molecule has 0 aliphatic heterocycles. The first-order chi connectivity index (χ1) is 15.4. The van der Waals surface area contributed by atoms with Crippen molar-refractivity contribution in [1.82, 2.24) is 5.32 Å². The molecule has 0 heterocycles. The Hall–Kier alpha value is -3.93. The number of amides is 2. The van der Waals surface area contributed by atoms with E-state index in [1.807, 2.05) is 49.4 Å². The third kappa shape index (κ3) is 6.54. The quantitative estimate of drug-likeness (QED) is 0.409. The maximum atomic E-state index is 12.7. The van der Waals surface area contributed by atoms with Crippen molar-refractivity contribution in [3.05, 3.63) is 95.1 Å². The van der Waals surface area contributed by atoms with E-state index in [1.54, 1.807) is 24.3 Å². The van der Waals surface area contributed by atoms with Gasteiger partial charge in [-0.15, -0.1) is 0 Å². The zero-order chi connectivity index (χ0) is 22.9. The van der Waals surface area contributed by atoms with Crippen LogP contribution in [0.1, 0.15) is 40.4 Å². The minimum absolute atomic E-state index is 0.0523. The lowest BCUT2D eigenvalue weighted by Gasteiger charge is -2.13. The van der Waals surface area contributed by atoms with Crippen LogP contribution in [-0.4, -0.2) is 17.8 Å². The van der Waals surface area contributed by atoms with E-state index in [0.717, 1.165) is 11.1 Å². The van der Waals surface area contributed by atoms with Gasteiger partial charge in [-0.2, -0.15) is 0 Å². The van der Waals surface area contributed by atoms with E-state index in [1.165, 1.54) is 18.6 Å². The smallest absolute Gasteiger partial charge is 0.308 e. The van der Waals surface area contributed by atoms with Crippen LogP contribution in [0.3, 0.4) is 0 Å². The van der Waals surface area contributed by atoms with E-state index >= 15 is 0 Å². The van der Waals surface area contributed by atoms with Gasteiger partial charge in [0.15, 0.2) is 0 Å². The first kappa shape index (κ1) is 22.7. The number of ether oxygens (including phenoxy) is 1. The normalized spacial score (nSPS) is 10.3. The maximum Gasteiger partial charge on any atom is 0.308 e. The molecule has 3 rings (SSSR count). The third-order valence-corrected chi connectivity index (χ3v) is 4.98. The summed E-state index contributed by atoms with van der Waals surface area (Å²) < 4.78 is 5.04. The molecule has 2 amide bonds. The van der Waals surface area contributed by atoms with E-state index < -0.39 is 5.97 Å². The van der Waals surface area contributed by atoms with E-state index in [0.29, 0.717) is 36.4 Å². The average Bonchev–Trinajstić information content (AvgIpc) is 2.77. The summed E-state index contributed by atoms with van der Waals surface area (Å²) in [6.07, 6.45) is 1.07. The SMILES string of the molecule is CC(=O)Oc1cccc(C(=O)Nc2ccccc2CNC(=O)CCc2ccccc2C)c1. The van der Waals surface area contributed by atoms with Crippen LogP contribution in [0.2, 0.25) is 0 Å². The zero-order valence-electron chi connectivity index (χ0n) is 18.2. The predicted octanol–water partition coefficient (Wildman–Crippen LogP) is 4.42. The molecule has 3 aromatic rings. The molecule has 0 spiro atoms. The lowest BCUT2D eigenvalue weighted by molar-refractivity contribution is -0.131. The number of benzene rings is 3. The average molecular weight is 431 g/mol. The van der Waals surface area contributed by atoms with Crippen molar-refractivity contribution in [3.63, 3.8) is 0 Å². The molecule has 0 aliphatic rings. The molecule has 3 aromatic carbocycles. The molecule has 0 fully saturated rings. The summed E-state index contributed by atoms with van der Waals surface area (Å²) in [4.78, 5) is 36.2. The molecule has 0 radical (unpaired) electrons. The Morgan fingerprint density at radius 1 is 0.875 bits per heavy atom. The summed E-state index contributed by atoms with van der Waals surface area (Å²) in [5.41, 5.74) is 4.09. The molecule has 2 N–H and O–H groups in total. The number of carbonyl (C=O) groups is 3. The van der Waals surface area contributed by atoms with Gasteiger partial charge in [0.1, 0.15) is 5.75 Å². The highest BCUT2D eigenvalue weighted by Gasteiger charge is 2.12. The fourth-order valence-electron chi connectivity index (χ4n) is 3.28. The van der Waals surface area contributed by atoms with Crippen LogP contribution in [-0.2, 0) is 22.6 Å². The number of hydrogen-bond donors (Lipinski definition) is 2. The molecule has 0 aromatic heterocycles. The highest BCUT2D eigenvalue weighted by molar-refractivity contribution is 6.05. The van der Waals surface area contributed by atoms with Gasteiger partial charge >= 0.3 is 5.97 Å². The summed E-state index contributed by atoms with van der Waals surface area (Å²) in [5, 5.41) is 5.79. The van der Waals surface area contributed by atoms with Gasteiger partial charge in [-0.3, -0.25) is 14.4 Å². The van der Waals surface area contributed by atoms with Crippen LogP contribution >= 0.6 is 0 Å². The summed E-state index contributed by atoms with van der Waals surface area (Å²) in [5.74, 6) is -0.536. The Morgan fingerprint density at radius 3 is 2.34 bits per heavy atom. The maximum absolute atomic E-state index is 12.7. The van der Waals surface area contributed by atoms with Gasteiger partial charge in [0.2, 0.25) is 5.91 Å². The van der Waals surface area contributed by atoms with E-state index in [9.17, 15) is 14.4 Å². The number of para-hydroxylation sites is 1. The molecule has 32 heavy (non-hydrogen) atoms. The Morgan fingerprint density at radius 2 is 1.59 bits per heavy atom. The van der Waals surface area contributed by atoms with Gasteiger partial charge in [-0.25, -0.2) is 0 Å². The molecule has 0 bridgehead atoms. The fourth-order valence-corrected chi connectivity index (χ4v) is 3.28. The molecular weight excluding hydrogens is 404 g/mol. The summed E-state index contributed by atoms with van der Waals surface area (Å²) in [6, 6.07) is 21.7. The second-order valence-electron chi connectivity index (χ2n) is 7.44. The molecule has 0 saturated heterocycles. The van der Waals surface area contributed by atoms with Gasteiger partial charge in [0.25, 0.3) is 5.91 Å². The predicted molar refractivity (Wildman–Crippen MR) is 123 cm³/mol. The first-order valence-corrected chi connectivity index (χ1v) is 10.4. The van der Waals surface area contributed by atoms with Gasteiger partial charge in [0, 0.05) is 31.1 Å². The minimum atomic E-state index is -0.453. The second kappa shape index (κ2) is 10.9. The van der Waals surface area contributed by atoms with Crippen molar-refractivity contribution in [2.75, 3.05) is 5.32 Å². The fraction of sp³-hybridized carbons (Fsp3) is 0.192. The van der Waals surface area contributed by atoms with Gasteiger partial charge in [-0.05, 0) is 54.3 Å². The van der Waals surface area contributed by atoms with Crippen LogP contribution in [0.5, 0.6) is 5.75 Å². The molecular formula is C26H26N2O4. The summed E-state index contributed by atoms with van der Waals surface area (Å²) in [6.45, 7) is 3.64. The van der Waals surface area contributed by atoms with Crippen LogP contribution in [0.4, 0.5) is 5.69 Å².